The third kappa shape index (κ3) is 4.38. The zero-order chi connectivity index (χ0) is 15.8. The van der Waals surface area contributed by atoms with Crippen LogP contribution in [0.15, 0.2) is 24.3 Å². The molecule has 4 nitrogen and oxygen atoms in total. The lowest BCUT2D eigenvalue weighted by molar-refractivity contribution is 0.475. The fraction of sp³-hybridized carbons (Fsp3) is 0.182. The maximum Gasteiger partial charge on any atom is 0.250 e. The maximum atomic E-state index is 9.29. The van der Waals surface area contributed by atoms with E-state index in [9.17, 15) is 5.11 Å². The van der Waals surface area contributed by atoms with E-state index >= 15 is 0 Å². The van der Waals surface area contributed by atoms with Gasteiger partial charge in [0.15, 0.2) is 17.5 Å². The summed E-state index contributed by atoms with van der Waals surface area (Å²) in [5.41, 5.74) is 0.529. The van der Waals surface area contributed by atoms with Crippen molar-refractivity contribution in [3.63, 3.8) is 0 Å². The van der Waals surface area contributed by atoms with Crippen molar-refractivity contribution >= 4 is 69.6 Å². The van der Waals surface area contributed by atoms with E-state index < -0.39 is 7.59 Å². The second-order valence-corrected chi connectivity index (χ2v) is 8.41. The highest BCUT2D eigenvalue weighted by molar-refractivity contribution is 6.67. The van der Waals surface area contributed by atoms with Gasteiger partial charge in [-0.05, 0) is 24.3 Å². The average Bonchev–Trinajstić information content (AvgIpc) is 2.37. The highest BCUT2D eigenvalue weighted by Crippen LogP contribution is 2.40. The molecule has 1 N–H and O–H groups in total. The quantitative estimate of drug-likeness (QED) is 0.683. The van der Waals surface area contributed by atoms with E-state index in [0.717, 1.165) is 0 Å². The van der Waals surface area contributed by atoms with Crippen LogP contribution in [0.5, 0.6) is 5.75 Å². The van der Waals surface area contributed by atoms with Crippen LogP contribution < -0.4 is 0 Å². The molecule has 2 rings (SSSR count). The van der Waals surface area contributed by atoms with Gasteiger partial charge in [-0.1, -0.05) is 69.6 Å². The number of nitrogens with zero attached hydrogens (tertiary/aromatic N) is 3. The molecule has 0 saturated heterocycles. The fourth-order valence-corrected chi connectivity index (χ4v) is 1.88. The van der Waals surface area contributed by atoms with E-state index in [-0.39, 0.29) is 23.2 Å². The molecular weight excluding hydrogens is 403 g/mol. The maximum absolute atomic E-state index is 9.29. The molecule has 0 amide bonds. The van der Waals surface area contributed by atoms with Gasteiger partial charge in [-0.2, -0.15) is 0 Å². The molecule has 2 aromatic rings. The Morgan fingerprint density at radius 1 is 0.714 bits per heavy atom. The van der Waals surface area contributed by atoms with Gasteiger partial charge in [0.2, 0.25) is 7.59 Å². The van der Waals surface area contributed by atoms with Crippen LogP contribution in [-0.4, -0.2) is 20.1 Å². The van der Waals surface area contributed by atoms with Crippen LogP contribution in [0.2, 0.25) is 0 Å². The molecule has 0 aliphatic rings. The highest BCUT2D eigenvalue weighted by atomic mass is 35.6. The molecule has 0 saturated carbocycles. The second kappa shape index (κ2) is 6.11. The minimum Gasteiger partial charge on any atom is -0.508 e. The largest absolute Gasteiger partial charge is 0.508 e. The average molecular weight is 408 g/mol. The van der Waals surface area contributed by atoms with Crippen LogP contribution in [0.3, 0.4) is 0 Å². The van der Waals surface area contributed by atoms with Gasteiger partial charge < -0.3 is 5.11 Å². The molecule has 0 aliphatic heterocycles. The smallest absolute Gasteiger partial charge is 0.250 e. The summed E-state index contributed by atoms with van der Waals surface area (Å²) in [6.45, 7) is 0. The van der Waals surface area contributed by atoms with Crippen LogP contribution in [0.1, 0.15) is 11.6 Å². The van der Waals surface area contributed by atoms with Crippen molar-refractivity contribution in [3.05, 3.63) is 35.9 Å². The summed E-state index contributed by atoms with van der Waals surface area (Å²) < 4.78 is -3.81. The molecule has 0 fully saturated rings. The van der Waals surface area contributed by atoms with Gasteiger partial charge in [-0.25, -0.2) is 15.0 Å². The summed E-state index contributed by atoms with van der Waals surface area (Å²) in [5.74, 6) is -0.123. The van der Waals surface area contributed by atoms with Crippen LogP contribution >= 0.6 is 69.6 Å². The molecule has 21 heavy (non-hydrogen) atoms. The van der Waals surface area contributed by atoms with E-state index in [1.54, 1.807) is 12.1 Å². The first kappa shape index (κ1) is 17.1. The minimum atomic E-state index is -1.90. The number of alkyl halides is 6. The molecule has 0 spiro atoms. The molecule has 0 unspecified atom stereocenters. The Labute approximate surface area is 149 Å². The first-order valence-corrected chi connectivity index (χ1v) is 7.54. The van der Waals surface area contributed by atoms with Crippen molar-refractivity contribution in [1.29, 1.82) is 0 Å². The van der Waals surface area contributed by atoms with Gasteiger partial charge in [0.25, 0.3) is 0 Å². The number of aromatic nitrogens is 3. The monoisotopic (exact) mass is 405 g/mol. The normalized spacial score (nSPS) is 12.5. The summed E-state index contributed by atoms with van der Waals surface area (Å²) >= 11 is 34.6. The number of aromatic hydroxyl groups is 1. The number of hydrogen-bond donors (Lipinski definition) is 1. The highest BCUT2D eigenvalue weighted by Gasteiger charge is 2.33. The topological polar surface area (TPSA) is 58.9 Å². The van der Waals surface area contributed by atoms with E-state index in [2.05, 4.69) is 15.0 Å². The second-order valence-electron chi connectivity index (χ2n) is 3.85. The number of phenols is 1. The van der Waals surface area contributed by atoms with Gasteiger partial charge >= 0.3 is 0 Å². The lowest BCUT2D eigenvalue weighted by Crippen LogP contribution is -2.16. The summed E-state index contributed by atoms with van der Waals surface area (Å²) in [5, 5.41) is 9.29. The van der Waals surface area contributed by atoms with Crippen molar-refractivity contribution in [3.8, 4) is 17.1 Å². The van der Waals surface area contributed by atoms with E-state index in [4.69, 9.17) is 69.6 Å². The molecule has 1 heterocycles. The Morgan fingerprint density at radius 2 is 1.14 bits per heavy atom. The minimum absolute atomic E-state index is 0.0796. The van der Waals surface area contributed by atoms with Crippen molar-refractivity contribution < 1.29 is 5.11 Å². The number of rotatable bonds is 1. The van der Waals surface area contributed by atoms with Crippen LogP contribution in [-0.2, 0) is 7.59 Å². The molecule has 1 aromatic carbocycles. The van der Waals surface area contributed by atoms with E-state index in [0.29, 0.717) is 5.56 Å². The predicted molar refractivity (Wildman–Crippen MR) is 85.4 cm³/mol. The molecule has 112 valence electrons. The molecule has 10 heteroatoms. The van der Waals surface area contributed by atoms with Gasteiger partial charge in [-0.15, -0.1) is 0 Å². The SMILES string of the molecule is Oc1ccc(-c2nc(C(Cl)(Cl)Cl)nc(C(Cl)(Cl)Cl)n2)cc1. The number of benzene rings is 1. The Balaban J connectivity index is 2.63. The van der Waals surface area contributed by atoms with E-state index in [1.807, 2.05) is 0 Å². The number of phenolic OH excluding ortho intramolecular Hbond substituents is 1. The number of halogens is 6. The molecule has 0 radical (unpaired) electrons. The number of hydrogen-bond acceptors (Lipinski definition) is 4. The summed E-state index contributed by atoms with van der Waals surface area (Å²) in [6.07, 6.45) is 0. The first-order valence-electron chi connectivity index (χ1n) is 5.27. The first-order chi connectivity index (χ1) is 9.57. The summed E-state index contributed by atoms with van der Waals surface area (Å²) in [7, 11) is 0. The lowest BCUT2D eigenvalue weighted by atomic mass is 10.2. The zero-order valence-corrected chi connectivity index (χ0v) is 14.4. The van der Waals surface area contributed by atoms with Crippen molar-refractivity contribution in [2.75, 3.05) is 0 Å². The Hall–Kier alpha value is -0.230. The third-order valence-corrected chi connectivity index (χ3v) is 3.28. The third-order valence-electron chi connectivity index (χ3n) is 2.27. The molecule has 0 atom stereocenters. The van der Waals surface area contributed by atoms with Gasteiger partial charge in [0.1, 0.15) is 5.75 Å². The zero-order valence-electron chi connectivity index (χ0n) is 9.87. The van der Waals surface area contributed by atoms with Crippen LogP contribution in [0.25, 0.3) is 11.4 Å². The molecule has 0 bridgehead atoms. The molecule has 0 aliphatic carbocycles. The van der Waals surface area contributed by atoms with Crippen molar-refractivity contribution in [2.24, 2.45) is 0 Å². The molecular formula is C11H5Cl6N3O. The standard InChI is InChI=1S/C11H5Cl6N3O/c12-10(13,14)8-18-7(5-1-3-6(21)4-2-5)19-9(20-8)11(15,16)17/h1-4,21H. The molecule has 1 aromatic heterocycles. The van der Waals surface area contributed by atoms with Gasteiger partial charge in [0, 0.05) is 5.56 Å². The summed E-state index contributed by atoms with van der Waals surface area (Å²) in [6, 6.07) is 6.02. The predicted octanol–water partition coefficient (Wildman–Crippen LogP) is 4.90. The fourth-order valence-electron chi connectivity index (χ4n) is 1.37. The lowest BCUT2D eigenvalue weighted by Gasteiger charge is -2.15. The Bertz CT molecular complexity index is 618. The Morgan fingerprint density at radius 3 is 1.52 bits per heavy atom. The van der Waals surface area contributed by atoms with Crippen LogP contribution in [0, 0.1) is 0 Å². The van der Waals surface area contributed by atoms with E-state index in [1.165, 1.54) is 12.1 Å². The van der Waals surface area contributed by atoms with Crippen molar-refractivity contribution in [1.82, 2.24) is 15.0 Å². The van der Waals surface area contributed by atoms with Gasteiger partial charge in [0.05, 0.1) is 0 Å². The summed E-state index contributed by atoms with van der Waals surface area (Å²) in [4.78, 5) is 11.9. The van der Waals surface area contributed by atoms with Gasteiger partial charge in [-0.3, -0.25) is 0 Å². The Kier molecular flexibility index (Phi) is 4.98. The van der Waals surface area contributed by atoms with Crippen LogP contribution in [0.4, 0.5) is 0 Å². The van der Waals surface area contributed by atoms with Crippen molar-refractivity contribution in [2.45, 2.75) is 7.59 Å².